The number of nitrogens with one attached hydrogen (secondary N) is 1. The molecule has 18 heavy (non-hydrogen) atoms. The van der Waals surface area contributed by atoms with E-state index in [0.29, 0.717) is 19.6 Å². The average Bonchev–Trinajstić information content (AvgIpc) is 2.67. The minimum atomic E-state index is -0.0287. The monoisotopic (exact) mass is 271 g/mol. The highest BCUT2D eigenvalue weighted by atomic mass is 32.1. The van der Waals surface area contributed by atoms with Gasteiger partial charge < -0.3 is 10.4 Å². The fraction of sp³-hybridized carbons (Fsp3) is 0.667. The maximum Gasteiger partial charge on any atom is 0.234 e. The minimum absolute atomic E-state index is 0.0287. The summed E-state index contributed by atoms with van der Waals surface area (Å²) in [7, 11) is 1.81. The second-order valence-corrected chi connectivity index (χ2v) is 5.48. The molecule has 1 aromatic rings. The molecule has 0 fully saturated rings. The number of nitrogens with zero attached hydrogens (tertiary/aromatic N) is 2. The van der Waals surface area contributed by atoms with Crippen molar-refractivity contribution in [2.24, 2.45) is 0 Å². The number of hydrogen-bond donors (Lipinski definition) is 2. The Balaban J connectivity index is 2.42. The summed E-state index contributed by atoms with van der Waals surface area (Å²) in [6.07, 6.45) is 0.889. The van der Waals surface area contributed by atoms with Crippen LogP contribution < -0.4 is 5.32 Å². The predicted octanol–water partition coefficient (Wildman–Crippen LogP) is 0.554. The normalized spacial score (nSPS) is 10.9. The van der Waals surface area contributed by atoms with Gasteiger partial charge in [-0.15, -0.1) is 11.3 Å². The Morgan fingerprint density at radius 1 is 1.56 bits per heavy atom. The van der Waals surface area contributed by atoms with Gasteiger partial charge in [0.15, 0.2) is 0 Å². The number of carbonyl (C=O) groups excluding carboxylic acids is 1. The van der Waals surface area contributed by atoms with Crippen molar-refractivity contribution in [2.45, 2.75) is 26.8 Å². The third-order valence-corrected chi connectivity index (χ3v) is 3.57. The van der Waals surface area contributed by atoms with Gasteiger partial charge in [0.25, 0.3) is 0 Å². The van der Waals surface area contributed by atoms with Crippen molar-refractivity contribution in [1.82, 2.24) is 15.2 Å². The molecule has 0 saturated carbocycles. The Labute approximate surface area is 112 Å². The van der Waals surface area contributed by atoms with Crippen LogP contribution in [0.4, 0.5) is 0 Å². The average molecular weight is 271 g/mol. The lowest BCUT2D eigenvalue weighted by atomic mass is 10.3. The number of amides is 1. The molecule has 0 unspecified atom stereocenters. The summed E-state index contributed by atoms with van der Waals surface area (Å²) < 4.78 is 0. The van der Waals surface area contributed by atoms with Crippen molar-refractivity contribution in [1.29, 1.82) is 0 Å². The highest BCUT2D eigenvalue weighted by Gasteiger charge is 2.10. The fourth-order valence-corrected chi connectivity index (χ4v) is 2.62. The number of likely N-dealkylation sites (N-methyl/N-ethyl adjacent to an activating group) is 1. The number of aliphatic hydroxyl groups excluding tert-OH is 1. The van der Waals surface area contributed by atoms with E-state index in [1.165, 1.54) is 0 Å². The van der Waals surface area contributed by atoms with Gasteiger partial charge in [-0.2, -0.15) is 0 Å². The third kappa shape index (κ3) is 4.72. The van der Waals surface area contributed by atoms with Crippen LogP contribution in [0.2, 0.25) is 0 Å². The van der Waals surface area contributed by atoms with E-state index in [2.05, 4.69) is 17.2 Å². The lowest BCUT2D eigenvalue weighted by Gasteiger charge is -2.14. The molecule has 5 nitrogen and oxygen atoms in total. The molecule has 1 rings (SSSR count). The van der Waals surface area contributed by atoms with E-state index in [1.807, 2.05) is 14.0 Å². The standard InChI is InChI=1S/C12H21N3O2S/c1-4-10-11(18-9(2)14-10)7-13-12(17)8-15(3)5-6-16/h16H,4-8H2,1-3H3,(H,13,17). The topological polar surface area (TPSA) is 65.5 Å². The van der Waals surface area contributed by atoms with Crippen LogP contribution in [-0.4, -0.2) is 47.6 Å². The van der Waals surface area contributed by atoms with Crippen LogP contribution in [0, 0.1) is 6.92 Å². The Kier molecular flexibility index (Phi) is 6.24. The Hall–Kier alpha value is -0.980. The van der Waals surface area contributed by atoms with Gasteiger partial charge in [0.05, 0.1) is 30.4 Å². The number of rotatable bonds is 7. The molecule has 0 spiro atoms. The first-order valence-electron chi connectivity index (χ1n) is 6.08. The van der Waals surface area contributed by atoms with E-state index in [-0.39, 0.29) is 12.5 Å². The van der Waals surface area contributed by atoms with Gasteiger partial charge in [-0.25, -0.2) is 4.98 Å². The van der Waals surface area contributed by atoms with Crippen LogP contribution in [0.25, 0.3) is 0 Å². The van der Waals surface area contributed by atoms with Gasteiger partial charge in [0, 0.05) is 11.4 Å². The maximum absolute atomic E-state index is 11.7. The van der Waals surface area contributed by atoms with Gasteiger partial charge in [-0.05, 0) is 20.4 Å². The summed E-state index contributed by atoms with van der Waals surface area (Å²) in [6.45, 7) is 5.46. The van der Waals surface area contributed by atoms with Crippen LogP contribution >= 0.6 is 11.3 Å². The van der Waals surface area contributed by atoms with Gasteiger partial charge in [-0.3, -0.25) is 9.69 Å². The van der Waals surface area contributed by atoms with E-state index in [9.17, 15) is 4.79 Å². The largest absolute Gasteiger partial charge is 0.395 e. The molecule has 0 aliphatic carbocycles. The number of aromatic nitrogens is 1. The molecular weight excluding hydrogens is 250 g/mol. The van der Waals surface area contributed by atoms with Crippen molar-refractivity contribution in [3.05, 3.63) is 15.6 Å². The molecule has 1 heterocycles. The van der Waals surface area contributed by atoms with Crippen LogP contribution in [0.5, 0.6) is 0 Å². The number of hydrogen-bond acceptors (Lipinski definition) is 5. The number of aryl methyl sites for hydroxylation is 2. The van der Waals surface area contributed by atoms with Crippen LogP contribution in [0.3, 0.4) is 0 Å². The minimum Gasteiger partial charge on any atom is -0.395 e. The first kappa shape index (κ1) is 15.1. The molecule has 0 aliphatic rings. The summed E-state index contributed by atoms with van der Waals surface area (Å²) >= 11 is 1.63. The molecule has 1 amide bonds. The molecule has 0 radical (unpaired) electrons. The molecule has 1 aromatic heterocycles. The summed E-state index contributed by atoms with van der Waals surface area (Å²) in [5, 5.41) is 12.7. The zero-order chi connectivity index (χ0) is 13.5. The van der Waals surface area contributed by atoms with Crippen LogP contribution in [0.15, 0.2) is 0 Å². The second-order valence-electron chi connectivity index (χ2n) is 4.19. The van der Waals surface area contributed by atoms with Crippen molar-refractivity contribution in [2.75, 3.05) is 26.7 Å². The Morgan fingerprint density at radius 3 is 2.89 bits per heavy atom. The SMILES string of the molecule is CCc1nc(C)sc1CNC(=O)CN(C)CCO. The smallest absolute Gasteiger partial charge is 0.234 e. The fourth-order valence-electron chi connectivity index (χ4n) is 1.66. The number of thiazole rings is 1. The van der Waals surface area contributed by atoms with E-state index in [0.717, 1.165) is 22.0 Å². The highest BCUT2D eigenvalue weighted by Crippen LogP contribution is 2.18. The van der Waals surface area contributed by atoms with E-state index in [4.69, 9.17) is 5.11 Å². The lowest BCUT2D eigenvalue weighted by molar-refractivity contribution is -0.122. The van der Waals surface area contributed by atoms with E-state index in [1.54, 1.807) is 16.2 Å². The van der Waals surface area contributed by atoms with Crippen molar-refractivity contribution in [3.8, 4) is 0 Å². The van der Waals surface area contributed by atoms with Crippen molar-refractivity contribution >= 4 is 17.2 Å². The third-order valence-electron chi connectivity index (χ3n) is 2.56. The molecule has 0 aromatic carbocycles. The first-order chi connectivity index (χ1) is 8.56. The summed E-state index contributed by atoms with van der Waals surface area (Å²) in [4.78, 5) is 19.0. The van der Waals surface area contributed by atoms with E-state index >= 15 is 0 Å². The molecule has 0 bridgehead atoms. The zero-order valence-electron chi connectivity index (χ0n) is 11.2. The van der Waals surface area contributed by atoms with E-state index < -0.39 is 0 Å². The summed E-state index contributed by atoms with van der Waals surface area (Å²) in [5.41, 5.74) is 1.07. The second kappa shape index (κ2) is 7.45. The number of carbonyl (C=O) groups is 1. The summed E-state index contributed by atoms with van der Waals surface area (Å²) in [6, 6.07) is 0. The van der Waals surface area contributed by atoms with Crippen molar-refractivity contribution in [3.63, 3.8) is 0 Å². The molecule has 102 valence electrons. The van der Waals surface area contributed by atoms with Crippen LogP contribution in [-0.2, 0) is 17.8 Å². The Morgan fingerprint density at radius 2 is 2.28 bits per heavy atom. The van der Waals surface area contributed by atoms with Gasteiger partial charge in [-0.1, -0.05) is 6.92 Å². The number of aliphatic hydroxyl groups is 1. The predicted molar refractivity (Wildman–Crippen MR) is 72.7 cm³/mol. The Bertz CT molecular complexity index is 393. The molecule has 0 atom stereocenters. The quantitative estimate of drug-likeness (QED) is 0.760. The van der Waals surface area contributed by atoms with Gasteiger partial charge in [0.2, 0.25) is 5.91 Å². The zero-order valence-corrected chi connectivity index (χ0v) is 12.0. The van der Waals surface area contributed by atoms with Gasteiger partial charge >= 0.3 is 0 Å². The maximum atomic E-state index is 11.7. The van der Waals surface area contributed by atoms with Crippen LogP contribution in [0.1, 0.15) is 22.5 Å². The molecular formula is C12H21N3O2S. The molecule has 0 aliphatic heterocycles. The molecule has 0 saturated heterocycles. The van der Waals surface area contributed by atoms with Gasteiger partial charge in [0.1, 0.15) is 0 Å². The lowest BCUT2D eigenvalue weighted by Crippen LogP contribution is -2.36. The highest BCUT2D eigenvalue weighted by molar-refractivity contribution is 7.11. The molecule has 2 N–H and O–H groups in total. The summed E-state index contributed by atoms with van der Waals surface area (Å²) in [5.74, 6) is -0.0287. The van der Waals surface area contributed by atoms with Crippen molar-refractivity contribution < 1.29 is 9.90 Å². The molecule has 6 heteroatoms. The first-order valence-corrected chi connectivity index (χ1v) is 6.89.